The molecule has 3 heteroatoms. The second kappa shape index (κ2) is 3.09. The molecule has 0 bridgehead atoms. The highest BCUT2D eigenvalue weighted by Crippen LogP contribution is 2.26. The summed E-state index contributed by atoms with van der Waals surface area (Å²) in [6.45, 7) is 2.05. The van der Waals surface area contributed by atoms with Gasteiger partial charge in [-0.2, -0.15) is 0 Å². The number of hydrogen-bond acceptors (Lipinski definition) is 1. The molecule has 54 valence electrons. The molecule has 0 aromatic rings. The van der Waals surface area contributed by atoms with E-state index in [1.807, 2.05) is 6.92 Å². The van der Waals surface area contributed by atoms with Crippen LogP contribution in [0.3, 0.4) is 0 Å². The summed E-state index contributed by atoms with van der Waals surface area (Å²) in [5.74, 6) is 0. The van der Waals surface area contributed by atoms with Crippen LogP contribution in [0.15, 0.2) is 0 Å². The highest BCUT2D eigenvalue weighted by atomic mass is 35.5. The van der Waals surface area contributed by atoms with Gasteiger partial charge in [-0.3, -0.25) is 0 Å². The molecule has 0 radical (unpaired) electrons. The highest BCUT2D eigenvalue weighted by Gasteiger charge is 2.27. The molecule has 1 aliphatic heterocycles. The summed E-state index contributed by atoms with van der Waals surface area (Å²) in [7, 11) is 0. The number of ether oxygens (including phenoxy) is 1. The molecule has 1 nitrogen and oxygen atoms in total. The van der Waals surface area contributed by atoms with E-state index >= 15 is 0 Å². The molecule has 0 aliphatic carbocycles. The molecule has 1 heterocycles. The number of rotatable bonds is 2. The van der Waals surface area contributed by atoms with Crippen molar-refractivity contribution in [2.45, 2.75) is 36.8 Å². The zero-order valence-corrected chi connectivity index (χ0v) is 6.82. The minimum atomic E-state index is -0.262. The van der Waals surface area contributed by atoms with Gasteiger partial charge in [0.05, 0.1) is 12.2 Å². The van der Waals surface area contributed by atoms with Crippen LogP contribution in [-0.2, 0) is 4.74 Å². The van der Waals surface area contributed by atoms with E-state index in [1.165, 1.54) is 0 Å². The van der Waals surface area contributed by atoms with E-state index in [-0.39, 0.29) is 4.84 Å². The fraction of sp³-hybridized carbons (Fsp3) is 1.00. The Morgan fingerprint density at radius 1 is 1.67 bits per heavy atom. The molecule has 0 unspecified atom stereocenters. The van der Waals surface area contributed by atoms with E-state index in [9.17, 15) is 0 Å². The third-order valence-corrected chi connectivity index (χ3v) is 1.82. The zero-order chi connectivity index (χ0) is 6.85. The second-order valence-electron chi connectivity index (χ2n) is 2.43. The van der Waals surface area contributed by atoms with Crippen LogP contribution >= 0.6 is 23.2 Å². The van der Waals surface area contributed by atoms with Crippen LogP contribution in [0.25, 0.3) is 0 Å². The van der Waals surface area contributed by atoms with Crippen molar-refractivity contribution in [1.82, 2.24) is 0 Å². The molecular formula is C6H10Cl2O. The molecule has 0 N–H and O–H groups in total. The molecule has 0 amide bonds. The van der Waals surface area contributed by atoms with E-state index in [0.29, 0.717) is 12.2 Å². The van der Waals surface area contributed by atoms with Crippen molar-refractivity contribution in [2.75, 3.05) is 0 Å². The Morgan fingerprint density at radius 2 is 2.22 bits per heavy atom. The SMILES string of the molecule is C[C@@H]1C[C@@H](CC(Cl)Cl)O1. The average molecular weight is 169 g/mol. The van der Waals surface area contributed by atoms with Gasteiger partial charge in [0.2, 0.25) is 0 Å². The van der Waals surface area contributed by atoms with Gasteiger partial charge in [-0.05, 0) is 13.3 Å². The lowest BCUT2D eigenvalue weighted by Gasteiger charge is -2.33. The predicted octanol–water partition coefficient (Wildman–Crippen LogP) is 2.36. The van der Waals surface area contributed by atoms with Crippen molar-refractivity contribution in [2.24, 2.45) is 0 Å². The van der Waals surface area contributed by atoms with E-state index in [2.05, 4.69) is 0 Å². The summed E-state index contributed by atoms with van der Waals surface area (Å²) < 4.78 is 5.28. The Hall–Kier alpha value is 0.540. The van der Waals surface area contributed by atoms with Gasteiger partial charge in [-0.25, -0.2) is 0 Å². The van der Waals surface area contributed by atoms with Gasteiger partial charge in [-0.1, -0.05) is 0 Å². The van der Waals surface area contributed by atoms with E-state index in [1.54, 1.807) is 0 Å². The van der Waals surface area contributed by atoms with Crippen LogP contribution in [0.1, 0.15) is 19.8 Å². The first-order valence-electron chi connectivity index (χ1n) is 3.12. The number of hydrogen-bond donors (Lipinski definition) is 0. The normalized spacial score (nSPS) is 34.7. The molecular weight excluding hydrogens is 159 g/mol. The maximum atomic E-state index is 5.52. The van der Waals surface area contributed by atoms with Crippen molar-refractivity contribution >= 4 is 23.2 Å². The quantitative estimate of drug-likeness (QED) is 0.576. The Bertz CT molecular complexity index is 89.1. The summed E-state index contributed by atoms with van der Waals surface area (Å²) in [6.07, 6.45) is 2.62. The fourth-order valence-corrected chi connectivity index (χ4v) is 1.44. The zero-order valence-electron chi connectivity index (χ0n) is 5.31. The molecule has 1 aliphatic rings. The van der Waals surface area contributed by atoms with E-state index < -0.39 is 0 Å². The monoisotopic (exact) mass is 168 g/mol. The van der Waals surface area contributed by atoms with Crippen molar-refractivity contribution in [1.29, 1.82) is 0 Å². The van der Waals surface area contributed by atoms with Crippen molar-refractivity contribution in [3.8, 4) is 0 Å². The predicted molar refractivity (Wildman–Crippen MR) is 39.1 cm³/mol. The lowest BCUT2D eigenvalue weighted by Crippen LogP contribution is -2.35. The molecule has 2 atom stereocenters. The third kappa shape index (κ3) is 2.32. The number of alkyl halides is 2. The van der Waals surface area contributed by atoms with Gasteiger partial charge in [0.15, 0.2) is 0 Å². The van der Waals surface area contributed by atoms with E-state index in [4.69, 9.17) is 27.9 Å². The van der Waals surface area contributed by atoms with E-state index in [0.717, 1.165) is 12.8 Å². The molecule has 9 heavy (non-hydrogen) atoms. The first-order valence-corrected chi connectivity index (χ1v) is 3.99. The van der Waals surface area contributed by atoms with Gasteiger partial charge < -0.3 is 4.74 Å². The van der Waals surface area contributed by atoms with Crippen LogP contribution < -0.4 is 0 Å². The molecule has 0 aromatic heterocycles. The maximum Gasteiger partial charge on any atom is 0.110 e. The molecule has 0 spiro atoms. The number of halogens is 2. The Balaban J connectivity index is 2.04. The standard InChI is InChI=1S/C6H10Cl2O/c1-4-2-5(9-4)3-6(7)8/h4-6H,2-3H2,1H3/t4-,5+/m1/s1. The Morgan fingerprint density at radius 3 is 2.56 bits per heavy atom. The van der Waals surface area contributed by atoms with Gasteiger partial charge in [0, 0.05) is 6.42 Å². The van der Waals surface area contributed by atoms with Crippen LogP contribution in [0.4, 0.5) is 0 Å². The smallest absolute Gasteiger partial charge is 0.110 e. The van der Waals surface area contributed by atoms with Crippen LogP contribution in [0.5, 0.6) is 0 Å². The van der Waals surface area contributed by atoms with Crippen molar-refractivity contribution in [3.05, 3.63) is 0 Å². The minimum absolute atomic E-state index is 0.262. The molecule has 0 saturated carbocycles. The molecule has 1 fully saturated rings. The summed E-state index contributed by atoms with van der Waals surface area (Å²) in [5, 5.41) is 0. The first-order chi connectivity index (χ1) is 4.18. The molecule has 0 aromatic carbocycles. The van der Waals surface area contributed by atoms with Gasteiger partial charge in [0.1, 0.15) is 4.84 Å². The summed E-state index contributed by atoms with van der Waals surface area (Å²) >= 11 is 11.0. The fourth-order valence-electron chi connectivity index (χ4n) is 1.04. The highest BCUT2D eigenvalue weighted by molar-refractivity contribution is 6.44. The van der Waals surface area contributed by atoms with Crippen molar-refractivity contribution < 1.29 is 4.74 Å². The second-order valence-corrected chi connectivity index (χ2v) is 3.71. The van der Waals surface area contributed by atoms with Crippen LogP contribution in [-0.4, -0.2) is 17.0 Å². The van der Waals surface area contributed by atoms with Crippen molar-refractivity contribution in [3.63, 3.8) is 0 Å². The maximum absolute atomic E-state index is 5.52. The van der Waals surface area contributed by atoms with Gasteiger partial charge in [-0.15, -0.1) is 23.2 Å². The summed E-state index contributed by atoms with van der Waals surface area (Å²) in [5.41, 5.74) is 0. The molecule has 1 saturated heterocycles. The van der Waals surface area contributed by atoms with Crippen LogP contribution in [0.2, 0.25) is 0 Å². The lowest BCUT2D eigenvalue weighted by molar-refractivity contribution is -0.114. The van der Waals surface area contributed by atoms with Crippen LogP contribution in [0, 0.1) is 0 Å². The minimum Gasteiger partial charge on any atom is -0.375 e. The summed E-state index contributed by atoms with van der Waals surface area (Å²) in [4.78, 5) is -0.262. The third-order valence-electron chi connectivity index (χ3n) is 1.46. The summed E-state index contributed by atoms with van der Waals surface area (Å²) in [6, 6.07) is 0. The largest absolute Gasteiger partial charge is 0.375 e. The van der Waals surface area contributed by atoms with Gasteiger partial charge in [0.25, 0.3) is 0 Å². The van der Waals surface area contributed by atoms with Gasteiger partial charge >= 0.3 is 0 Å². The topological polar surface area (TPSA) is 9.23 Å². The lowest BCUT2D eigenvalue weighted by atomic mass is 10.0. The first kappa shape index (κ1) is 7.64. The average Bonchev–Trinajstić information content (AvgIpc) is 1.60. The Kier molecular flexibility index (Phi) is 2.62. The Labute approximate surface area is 65.3 Å². The molecule has 1 rings (SSSR count).